The molecule has 0 aliphatic heterocycles. The zero-order chi connectivity index (χ0) is 35.2. The largest absolute Gasteiger partial charge is 0.356 e. The van der Waals surface area contributed by atoms with E-state index >= 15 is 0 Å². The first-order valence-corrected chi connectivity index (χ1v) is 18.5. The summed E-state index contributed by atoms with van der Waals surface area (Å²) in [6.07, 6.45) is 3.19. The molecular formula is C49H48N2. The van der Waals surface area contributed by atoms with Gasteiger partial charge in [-0.1, -0.05) is 131 Å². The van der Waals surface area contributed by atoms with E-state index in [1.165, 1.54) is 44.2 Å². The van der Waals surface area contributed by atoms with Crippen LogP contribution in [0.4, 0.5) is 28.4 Å². The molecule has 2 nitrogen and oxygen atoms in total. The van der Waals surface area contributed by atoms with Gasteiger partial charge in [0.2, 0.25) is 0 Å². The van der Waals surface area contributed by atoms with Crippen LogP contribution in [0, 0.1) is 0 Å². The van der Waals surface area contributed by atoms with Crippen LogP contribution in [0.5, 0.6) is 0 Å². The van der Waals surface area contributed by atoms with E-state index in [1.807, 2.05) is 0 Å². The molecule has 0 aliphatic carbocycles. The topological polar surface area (TPSA) is 15.3 Å². The smallest absolute Gasteiger partial charge is 0.0462 e. The highest BCUT2D eigenvalue weighted by Crippen LogP contribution is 2.37. The molecule has 0 heterocycles. The number of benzene rings is 7. The third kappa shape index (κ3) is 7.92. The maximum Gasteiger partial charge on any atom is 0.0462 e. The Kier molecular flexibility index (Phi) is 10.3. The first-order valence-electron chi connectivity index (χ1n) is 18.5. The average molecular weight is 665 g/mol. The van der Waals surface area contributed by atoms with Crippen molar-refractivity contribution in [2.24, 2.45) is 0 Å². The summed E-state index contributed by atoms with van der Waals surface area (Å²) < 4.78 is 0. The summed E-state index contributed by atoms with van der Waals surface area (Å²) in [6, 6.07) is 60.0. The van der Waals surface area contributed by atoms with Crippen molar-refractivity contribution in [1.82, 2.24) is 0 Å². The van der Waals surface area contributed by atoms with Gasteiger partial charge in [0, 0.05) is 28.4 Å². The highest BCUT2D eigenvalue weighted by molar-refractivity contribution is 5.83. The van der Waals surface area contributed by atoms with Gasteiger partial charge in [0.05, 0.1) is 0 Å². The monoisotopic (exact) mass is 664 g/mol. The number of nitrogens with one attached hydrogen (secondary N) is 1. The molecule has 7 aromatic carbocycles. The summed E-state index contributed by atoms with van der Waals surface area (Å²) in [7, 11) is 0. The molecule has 0 spiro atoms. The minimum atomic E-state index is 0.540. The molecular weight excluding hydrogens is 617 g/mol. The van der Waals surface area contributed by atoms with Crippen molar-refractivity contribution < 1.29 is 0 Å². The molecule has 0 aliphatic rings. The van der Waals surface area contributed by atoms with Gasteiger partial charge in [-0.05, 0) is 136 Å². The molecule has 0 amide bonds. The molecule has 0 saturated heterocycles. The van der Waals surface area contributed by atoms with Crippen molar-refractivity contribution in [2.45, 2.75) is 58.8 Å². The van der Waals surface area contributed by atoms with Crippen LogP contribution in [0.3, 0.4) is 0 Å². The van der Waals surface area contributed by atoms with E-state index in [0.29, 0.717) is 11.8 Å². The number of hydrogen-bond acceptors (Lipinski definition) is 2. The summed E-state index contributed by atoms with van der Waals surface area (Å²) >= 11 is 0. The van der Waals surface area contributed by atoms with Gasteiger partial charge in [0.1, 0.15) is 0 Å². The highest BCUT2D eigenvalue weighted by atomic mass is 15.1. The second-order valence-electron chi connectivity index (χ2n) is 13.9. The van der Waals surface area contributed by atoms with E-state index in [1.54, 1.807) is 0 Å². The van der Waals surface area contributed by atoms with Crippen LogP contribution in [0.15, 0.2) is 164 Å². The number of fused-ring (bicyclic) bond motifs is 1. The van der Waals surface area contributed by atoms with Crippen molar-refractivity contribution in [3.8, 4) is 11.1 Å². The molecule has 2 atom stereocenters. The van der Waals surface area contributed by atoms with Crippen molar-refractivity contribution in [1.29, 1.82) is 0 Å². The van der Waals surface area contributed by atoms with Gasteiger partial charge in [-0.25, -0.2) is 0 Å². The summed E-state index contributed by atoms with van der Waals surface area (Å²) in [4.78, 5) is 2.36. The van der Waals surface area contributed by atoms with E-state index in [9.17, 15) is 0 Å². The molecule has 2 heteroatoms. The Balaban J connectivity index is 1.11. The summed E-state index contributed by atoms with van der Waals surface area (Å²) in [5.74, 6) is 1.12. The van der Waals surface area contributed by atoms with E-state index in [4.69, 9.17) is 0 Å². The quantitative estimate of drug-likeness (QED) is 0.140. The Morgan fingerprint density at radius 2 is 0.882 bits per heavy atom. The predicted octanol–water partition coefficient (Wildman–Crippen LogP) is 14.3. The maximum atomic E-state index is 3.56. The lowest BCUT2D eigenvalue weighted by Gasteiger charge is -2.26. The SMILES string of the molecule is CCC(C)c1ccc(Nc2ccc(-c3ccc(N(c4ccc(Cc5ccc6ccccc6c5)cc4)c4ccc(C(C)CC)cc4)cc3)cc2)cc1. The Hall–Kier alpha value is -5.60. The third-order valence-corrected chi connectivity index (χ3v) is 10.5. The first kappa shape index (κ1) is 33.9. The Bertz CT molecular complexity index is 2160. The minimum Gasteiger partial charge on any atom is -0.356 e. The Labute approximate surface area is 304 Å². The fraction of sp³-hybridized carbons (Fsp3) is 0.184. The fourth-order valence-corrected chi connectivity index (χ4v) is 6.83. The van der Waals surface area contributed by atoms with Gasteiger partial charge < -0.3 is 10.2 Å². The summed E-state index contributed by atoms with van der Waals surface area (Å²) in [6.45, 7) is 9.07. The molecule has 51 heavy (non-hydrogen) atoms. The molecule has 254 valence electrons. The number of hydrogen-bond donors (Lipinski definition) is 1. The van der Waals surface area contributed by atoms with Crippen molar-refractivity contribution >= 4 is 39.2 Å². The van der Waals surface area contributed by atoms with Crippen LogP contribution in [0.1, 0.15) is 74.6 Å². The van der Waals surface area contributed by atoms with E-state index < -0.39 is 0 Å². The number of anilines is 5. The molecule has 0 saturated carbocycles. The molecule has 0 radical (unpaired) electrons. The zero-order valence-electron chi connectivity index (χ0n) is 30.3. The van der Waals surface area contributed by atoms with Crippen molar-refractivity contribution in [3.63, 3.8) is 0 Å². The lowest BCUT2D eigenvalue weighted by molar-refractivity contribution is 0.733. The van der Waals surface area contributed by atoms with Crippen LogP contribution < -0.4 is 10.2 Å². The summed E-state index contributed by atoms with van der Waals surface area (Å²) in [5, 5.41) is 6.13. The van der Waals surface area contributed by atoms with Crippen molar-refractivity contribution in [3.05, 3.63) is 186 Å². The van der Waals surface area contributed by atoms with Gasteiger partial charge in [-0.3, -0.25) is 0 Å². The normalized spacial score (nSPS) is 12.4. The number of rotatable bonds is 12. The van der Waals surface area contributed by atoms with Crippen LogP contribution in [-0.4, -0.2) is 0 Å². The third-order valence-electron chi connectivity index (χ3n) is 10.5. The zero-order valence-corrected chi connectivity index (χ0v) is 30.3. The Morgan fingerprint density at radius 3 is 1.43 bits per heavy atom. The van der Waals surface area contributed by atoms with E-state index in [0.717, 1.165) is 47.7 Å². The van der Waals surface area contributed by atoms with Gasteiger partial charge in [0.15, 0.2) is 0 Å². The second-order valence-corrected chi connectivity index (χ2v) is 13.9. The highest BCUT2D eigenvalue weighted by Gasteiger charge is 2.14. The molecule has 7 rings (SSSR count). The van der Waals surface area contributed by atoms with Gasteiger partial charge in [-0.2, -0.15) is 0 Å². The Morgan fingerprint density at radius 1 is 0.451 bits per heavy atom. The minimum absolute atomic E-state index is 0.540. The fourth-order valence-electron chi connectivity index (χ4n) is 6.83. The molecule has 0 bridgehead atoms. The maximum absolute atomic E-state index is 3.56. The average Bonchev–Trinajstić information content (AvgIpc) is 3.19. The standard InChI is InChI=1S/C49H48N2/c1-5-35(3)39-15-23-45(24-16-39)50-46-25-17-42(18-26-46)43-21-31-49(32-22-43)51(48-29-19-40(20-30-48)36(4)6-2)47-27-12-37(13-28-47)33-38-11-14-41-9-7-8-10-44(41)34-38/h7-32,34-36,50H,5-6,33H2,1-4H3. The lowest BCUT2D eigenvalue weighted by atomic mass is 9.98. The van der Waals surface area contributed by atoms with E-state index in [-0.39, 0.29) is 0 Å². The van der Waals surface area contributed by atoms with Gasteiger partial charge >= 0.3 is 0 Å². The summed E-state index contributed by atoms with van der Waals surface area (Å²) in [5.41, 5.74) is 13.4. The van der Waals surface area contributed by atoms with Crippen LogP contribution in [-0.2, 0) is 6.42 Å². The van der Waals surface area contributed by atoms with Gasteiger partial charge in [0.25, 0.3) is 0 Å². The lowest BCUT2D eigenvalue weighted by Crippen LogP contribution is -2.10. The van der Waals surface area contributed by atoms with Crippen molar-refractivity contribution in [2.75, 3.05) is 10.2 Å². The second kappa shape index (κ2) is 15.5. The first-order chi connectivity index (χ1) is 25.0. The molecule has 2 unspecified atom stereocenters. The number of nitrogens with zero attached hydrogens (tertiary/aromatic N) is 1. The van der Waals surface area contributed by atoms with Crippen LogP contribution >= 0.6 is 0 Å². The van der Waals surface area contributed by atoms with E-state index in [2.05, 4.69) is 202 Å². The molecule has 1 N–H and O–H groups in total. The molecule has 7 aromatic rings. The van der Waals surface area contributed by atoms with Crippen LogP contribution in [0.25, 0.3) is 21.9 Å². The molecule has 0 fully saturated rings. The van der Waals surface area contributed by atoms with Gasteiger partial charge in [-0.15, -0.1) is 0 Å². The predicted molar refractivity (Wildman–Crippen MR) is 220 cm³/mol. The van der Waals surface area contributed by atoms with Crippen LogP contribution in [0.2, 0.25) is 0 Å². The molecule has 0 aromatic heterocycles.